The second-order valence-electron chi connectivity index (χ2n) is 6.93. The van der Waals surface area contributed by atoms with Crippen LogP contribution in [0.3, 0.4) is 0 Å². The summed E-state index contributed by atoms with van der Waals surface area (Å²) in [6, 6.07) is 8.84. The largest absolute Gasteiger partial charge is 0.381 e. The van der Waals surface area contributed by atoms with Crippen LogP contribution in [0.1, 0.15) is 19.3 Å². The molecule has 1 aromatic heterocycles. The molecule has 124 valence electrons. The fraction of sp³-hybridized carbons (Fsp3) is 0.611. The molecule has 2 aromatic rings. The van der Waals surface area contributed by atoms with Crippen LogP contribution in [0, 0.1) is 5.92 Å². The van der Waals surface area contributed by atoms with Crippen molar-refractivity contribution in [2.24, 2.45) is 13.0 Å². The predicted molar refractivity (Wildman–Crippen MR) is 92.7 cm³/mol. The third-order valence-electron chi connectivity index (χ3n) is 5.25. The number of piperidine rings is 1. The van der Waals surface area contributed by atoms with Gasteiger partial charge in [-0.1, -0.05) is 12.1 Å². The molecule has 2 saturated heterocycles. The fourth-order valence-electron chi connectivity index (χ4n) is 3.81. The van der Waals surface area contributed by atoms with Gasteiger partial charge in [0, 0.05) is 39.3 Å². The molecule has 2 aliphatic rings. The molecule has 1 N–H and O–H groups in total. The van der Waals surface area contributed by atoms with Crippen LogP contribution >= 0.6 is 0 Å². The van der Waals surface area contributed by atoms with Crippen molar-refractivity contribution in [3.05, 3.63) is 24.3 Å². The highest BCUT2D eigenvalue weighted by Gasteiger charge is 2.24. The lowest BCUT2D eigenvalue weighted by Crippen LogP contribution is -2.41. The molecule has 0 bridgehead atoms. The molecular formula is C18H26N4O. The van der Waals surface area contributed by atoms with Gasteiger partial charge in [-0.2, -0.15) is 0 Å². The molecule has 1 unspecified atom stereocenters. The lowest BCUT2D eigenvalue weighted by atomic mass is 10.0. The maximum atomic E-state index is 5.49. The Kier molecular flexibility index (Phi) is 4.23. The zero-order valence-corrected chi connectivity index (χ0v) is 13.9. The van der Waals surface area contributed by atoms with Crippen LogP contribution in [0.25, 0.3) is 11.0 Å². The van der Waals surface area contributed by atoms with Crippen molar-refractivity contribution in [2.75, 3.05) is 38.2 Å². The molecule has 0 radical (unpaired) electrons. The Morgan fingerprint density at radius 1 is 1.22 bits per heavy atom. The number of aromatic nitrogens is 2. The van der Waals surface area contributed by atoms with E-state index in [1.807, 2.05) is 6.07 Å². The summed E-state index contributed by atoms with van der Waals surface area (Å²) in [5.74, 6) is 1.74. The molecule has 0 saturated carbocycles. The number of benzene rings is 1. The molecule has 0 aliphatic carbocycles. The van der Waals surface area contributed by atoms with Crippen LogP contribution in [-0.4, -0.2) is 53.3 Å². The number of fused-ring (bicyclic) bond motifs is 1. The summed E-state index contributed by atoms with van der Waals surface area (Å²) in [7, 11) is 2.09. The van der Waals surface area contributed by atoms with Gasteiger partial charge in [-0.05, 0) is 37.3 Å². The van der Waals surface area contributed by atoms with Gasteiger partial charge >= 0.3 is 0 Å². The SMILES string of the molecule is Cn1c(NC2CCN(CC3CCOC3)CC2)nc2ccccc21. The van der Waals surface area contributed by atoms with Crippen LogP contribution in [0.5, 0.6) is 0 Å². The normalized spacial score (nSPS) is 23.6. The van der Waals surface area contributed by atoms with E-state index in [1.54, 1.807) is 0 Å². The van der Waals surface area contributed by atoms with E-state index in [0.717, 1.165) is 30.6 Å². The summed E-state index contributed by atoms with van der Waals surface area (Å²) < 4.78 is 7.65. The molecule has 0 amide bonds. The van der Waals surface area contributed by atoms with Crippen LogP contribution < -0.4 is 5.32 Å². The maximum Gasteiger partial charge on any atom is 0.203 e. The first-order chi connectivity index (χ1) is 11.3. The lowest BCUT2D eigenvalue weighted by Gasteiger charge is -2.33. The zero-order chi connectivity index (χ0) is 15.6. The molecule has 5 heteroatoms. The van der Waals surface area contributed by atoms with E-state index in [9.17, 15) is 0 Å². The van der Waals surface area contributed by atoms with Crippen molar-refractivity contribution in [1.82, 2.24) is 14.5 Å². The van der Waals surface area contributed by atoms with Crippen molar-refractivity contribution in [1.29, 1.82) is 0 Å². The Labute approximate surface area is 137 Å². The number of nitrogens with zero attached hydrogens (tertiary/aromatic N) is 3. The summed E-state index contributed by atoms with van der Waals surface area (Å²) in [5, 5.41) is 3.65. The van der Waals surface area contributed by atoms with E-state index < -0.39 is 0 Å². The highest BCUT2D eigenvalue weighted by atomic mass is 16.5. The summed E-state index contributed by atoms with van der Waals surface area (Å²) in [6.45, 7) is 5.47. The average Bonchev–Trinajstić information content (AvgIpc) is 3.19. The Hall–Kier alpha value is -1.59. The van der Waals surface area contributed by atoms with Gasteiger partial charge in [-0.25, -0.2) is 4.98 Å². The summed E-state index contributed by atoms with van der Waals surface area (Å²) in [4.78, 5) is 7.33. The number of anilines is 1. The second-order valence-corrected chi connectivity index (χ2v) is 6.93. The smallest absolute Gasteiger partial charge is 0.203 e. The predicted octanol–water partition coefficient (Wildman–Crippen LogP) is 2.49. The average molecular weight is 314 g/mol. The molecule has 3 heterocycles. The number of imidazole rings is 1. The Bertz CT molecular complexity index is 654. The standard InChI is InChI=1S/C18H26N4O/c1-21-17-5-3-2-4-16(17)20-18(21)19-15-6-9-22(10-7-15)12-14-8-11-23-13-14/h2-5,14-15H,6-13H2,1H3,(H,19,20). The number of para-hydroxylation sites is 2. The maximum absolute atomic E-state index is 5.49. The van der Waals surface area contributed by atoms with E-state index >= 15 is 0 Å². The molecular weight excluding hydrogens is 288 g/mol. The van der Waals surface area contributed by atoms with E-state index in [-0.39, 0.29) is 0 Å². The summed E-state index contributed by atoms with van der Waals surface area (Å²) in [5.41, 5.74) is 2.25. The van der Waals surface area contributed by atoms with Crippen LogP contribution in [0.2, 0.25) is 0 Å². The fourth-order valence-corrected chi connectivity index (χ4v) is 3.81. The number of likely N-dealkylation sites (tertiary alicyclic amines) is 1. The zero-order valence-electron chi connectivity index (χ0n) is 13.9. The molecule has 1 aromatic carbocycles. The number of nitrogens with one attached hydrogen (secondary N) is 1. The summed E-state index contributed by atoms with van der Waals surface area (Å²) >= 11 is 0. The van der Waals surface area contributed by atoms with Gasteiger partial charge in [-0.15, -0.1) is 0 Å². The van der Waals surface area contributed by atoms with Gasteiger partial charge in [0.1, 0.15) is 0 Å². The first-order valence-corrected chi connectivity index (χ1v) is 8.77. The van der Waals surface area contributed by atoms with Crippen molar-refractivity contribution >= 4 is 17.0 Å². The minimum atomic E-state index is 0.529. The molecule has 2 aliphatic heterocycles. The van der Waals surface area contributed by atoms with Gasteiger partial charge in [0.05, 0.1) is 17.6 Å². The second kappa shape index (κ2) is 6.49. The molecule has 1 atom stereocenters. The highest BCUT2D eigenvalue weighted by Crippen LogP contribution is 2.22. The Morgan fingerprint density at radius 3 is 2.78 bits per heavy atom. The lowest BCUT2D eigenvalue weighted by molar-refractivity contribution is 0.154. The Morgan fingerprint density at radius 2 is 2.04 bits per heavy atom. The minimum absolute atomic E-state index is 0.529. The van der Waals surface area contributed by atoms with Crippen molar-refractivity contribution in [2.45, 2.75) is 25.3 Å². The minimum Gasteiger partial charge on any atom is -0.381 e. The van der Waals surface area contributed by atoms with Crippen molar-refractivity contribution in [3.63, 3.8) is 0 Å². The number of rotatable bonds is 4. The molecule has 4 rings (SSSR count). The molecule has 23 heavy (non-hydrogen) atoms. The topological polar surface area (TPSA) is 42.3 Å². The van der Waals surface area contributed by atoms with Gasteiger partial charge in [-0.3, -0.25) is 0 Å². The van der Waals surface area contributed by atoms with Crippen LogP contribution in [0.4, 0.5) is 5.95 Å². The number of hydrogen-bond donors (Lipinski definition) is 1. The first kappa shape index (κ1) is 15.0. The van der Waals surface area contributed by atoms with Gasteiger partial charge in [0.2, 0.25) is 5.95 Å². The highest BCUT2D eigenvalue weighted by molar-refractivity contribution is 5.78. The molecule has 2 fully saturated rings. The third-order valence-corrected chi connectivity index (χ3v) is 5.25. The van der Waals surface area contributed by atoms with E-state index in [0.29, 0.717) is 6.04 Å². The monoisotopic (exact) mass is 314 g/mol. The van der Waals surface area contributed by atoms with Crippen LogP contribution in [0.15, 0.2) is 24.3 Å². The van der Waals surface area contributed by atoms with Crippen molar-refractivity contribution in [3.8, 4) is 0 Å². The number of hydrogen-bond acceptors (Lipinski definition) is 4. The number of aryl methyl sites for hydroxylation is 1. The quantitative estimate of drug-likeness (QED) is 0.941. The van der Waals surface area contributed by atoms with Crippen molar-refractivity contribution < 1.29 is 4.74 Å². The van der Waals surface area contributed by atoms with E-state index in [2.05, 4.69) is 40.0 Å². The number of ether oxygens (including phenoxy) is 1. The van der Waals surface area contributed by atoms with Crippen LogP contribution in [-0.2, 0) is 11.8 Å². The Balaban J connectivity index is 1.34. The molecule has 0 spiro atoms. The van der Waals surface area contributed by atoms with E-state index in [4.69, 9.17) is 9.72 Å². The van der Waals surface area contributed by atoms with Gasteiger partial charge < -0.3 is 19.5 Å². The van der Waals surface area contributed by atoms with Gasteiger partial charge in [0.25, 0.3) is 0 Å². The first-order valence-electron chi connectivity index (χ1n) is 8.77. The molecule has 5 nitrogen and oxygen atoms in total. The summed E-state index contributed by atoms with van der Waals surface area (Å²) in [6.07, 6.45) is 3.62. The third kappa shape index (κ3) is 3.21. The van der Waals surface area contributed by atoms with E-state index in [1.165, 1.54) is 44.4 Å². The van der Waals surface area contributed by atoms with Gasteiger partial charge in [0.15, 0.2) is 0 Å².